The lowest BCUT2D eigenvalue weighted by molar-refractivity contribution is -0.140. The molecule has 1 fully saturated rings. The van der Waals surface area contributed by atoms with E-state index in [-0.39, 0.29) is 42.9 Å². The summed E-state index contributed by atoms with van der Waals surface area (Å²) in [7, 11) is 0. The van der Waals surface area contributed by atoms with Gasteiger partial charge in [-0.2, -0.15) is 0 Å². The molecule has 10 nitrogen and oxygen atoms in total. The molecular formula is C34H37F2N3O7S. The number of aliphatic hydroxyl groups excluding tert-OH is 1. The van der Waals surface area contributed by atoms with Gasteiger partial charge in [-0.3, -0.25) is 19.2 Å². The van der Waals surface area contributed by atoms with Crippen LogP contribution in [0.3, 0.4) is 0 Å². The number of hydrogen-bond donors (Lipinski definition) is 4. The third kappa shape index (κ3) is 9.15. The lowest BCUT2D eigenvalue weighted by Gasteiger charge is -2.47. The molecule has 1 aliphatic rings. The van der Waals surface area contributed by atoms with Crippen molar-refractivity contribution in [2.75, 3.05) is 23.8 Å². The molecule has 0 aliphatic carbocycles. The molecule has 5 N–H and O–H groups in total. The Balaban J connectivity index is 1.34. The molecule has 3 aromatic carbocycles. The first kappa shape index (κ1) is 35.5. The number of carbonyl (C=O) groups is 4. The van der Waals surface area contributed by atoms with Gasteiger partial charge in [-0.1, -0.05) is 38.1 Å². The lowest BCUT2D eigenvalue weighted by Crippen LogP contribution is -2.57. The number of ether oxygens (including phenoxy) is 1. The topological polar surface area (TPSA) is 159 Å². The van der Waals surface area contributed by atoms with Crippen LogP contribution in [0.15, 0.2) is 72.8 Å². The number of β-lactam (4-membered cyclic amide) rings is 1. The number of amides is 2. The van der Waals surface area contributed by atoms with E-state index in [1.165, 1.54) is 60.3 Å². The first-order valence-electron chi connectivity index (χ1n) is 15.0. The number of rotatable bonds is 16. The van der Waals surface area contributed by atoms with E-state index in [1.807, 2.05) is 0 Å². The molecule has 250 valence electrons. The molecule has 2 amide bonds. The highest BCUT2D eigenvalue weighted by Gasteiger charge is 2.49. The average Bonchev–Trinajstić information content (AvgIpc) is 3.05. The van der Waals surface area contributed by atoms with Crippen LogP contribution < -0.4 is 20.7 Å². The molecule has 3 aromatic rings. The third-order valence-electron chi connectivity index (χ3n) is 8.21. The Bertz CT molecular complexity index is 1560. The normalized spacial score (nSPS) is 18.4. The summed E-state index contributed by atoms with van der Waals surface area (Å²) in [6.07, 6.45) is -0.860. The second-order valence-corrected chi connectivity index (χ2v) is 12.7. The third-order valence-corrected chi connectivity index (χ3v) is 9.54. The summed E-state index contributed by atoms with van der Waals surface area (Å²) < 4.78 is 32.5. The van der Waals surface area contributed by atoms with E-state index in [0.717, 1.165) is 5.56 Å². The molecule has 47 heavy (non-hydrogen) atoms. The Morgan fingerprint density at radius 3 is 2.17 bits per heavy atom. The molecule has 6 atom stereocenters. The van der Waals surface area contributed by atoms with Crippen LogP contribution >= 0.6 is 11.8 Å². The van der Waals surface area contributed by atoms with Crippen molar-refractivity contribution in [3.63, 3.8) is 0 Å². The van der Waals surface area contributed by atoms with Gasteiger partial charge in [-0.05, 0) is 71.5 Å². The van der Waals surface area contributed by atoms with Crippen molar-refractivity contribution < 1.29 is 42.9 Å². The van der Waals surface area contributed by atoms with Gasteiger partial charge < -0.3 is 30.9 Å². The molecule has 0 radical (unpaired) electrons. The van der Waals surface area contributed by atoms with Crippen LogP contribution in [-0.4, -0.2) is 64.0 Å². The number of aliphatic hydroxyl groups is 1. The minimum Gasteiger partial charge on any atom is -0.484 e. The zero-order chi connectivity index (χ0) is 34.2. The number of carboxylic acid groups (broad SMARTS) is 1. The van der Waals surface area contributed by atoms with Crippen LogP contribution in [0, 0.1) is 23.5 Å². The summed E-state index contributed by atoms with van der Waals surface area (Å²) in [6.45, 7) is 2.81. The Labute approximate surface area is 275 Å². The van der Waals surface area contributed by atoms with Gasteiger partial charge in [-0.25, -0.2) is 8.78 Å². The van der Waals surface area contributed by atoms with Crippen molar-refractivity contribution in [1.82, 2.24) is 5.32 Å². The number of benzene rings is 3. The van der Waals surface area contributed by atoms with Crippen LogP contribution in [-0.2, 0) is 19.2 Å². The highest BCUT2D eigenvalue weighted by Crippen LogP contribution is 2.46. The van der Waals surface area contributed by atoms with E-state index in [1.54, 1.807) is 43.0 Å². The predicted molar refractivity (Wildman–Crippen MR) is 173 cm³/mol. The number of nitrogens with two attached hydrogens (primary N) is 1. The Morgan fingerprint density at radius 2 is 1.57 bits per heavy atom. The van der Waals surface area contributed by atoms with Gasteiger partial charge in [0.05, 0.1) is 18.7 Å². The van der Waals surface area contributed by atoms with Gasteiger partial charge in [0.1, 0.15) is 28.7 Å². The fraction of sp³-hybridized carbons (Fsp3) is 0.353. The summed E-state index contributed by atoms with van der Waals surface area (Å²) >= 11 is 1.26. The van der Waals surface area contributed by atoms with E-state index >= 15 is 0 Å². The van der Waals surface area contributed by atoms with Crippen molar-refractivity contribution in [2.45, 2.75) is 43.7 Å². The van der Waals surface area contributed by atoms with Crippen molar-refractivity contribution in [1.29, 1.82) is 0 Å². The number of nitrogens with zero attached hydrogens (tertiary/aromatic N) is 1. The van der Waals surface area contributed by atoms with Crippen LogP contribution in [0.5, 0.6) is 5.75 Å². The molecule has 13 heteroatoms. The minimum absolute atomic E-state index is 0.0633. The molecule has 1 heterocycles. The van der Waals surface area contributed by atoms with Crippen LogP contribution in [0.1, 0.15) is 43.5 Å². The van der Waals surface area contributed by atoms with Gasteiger partial charge in [-0.15, -0.1) is 11.8 Å². The molecule has 3 unspecified atom stereocenters. The fourth-order valence-electron chi connectivity index (χ4n) is 5.17. The minimum atomic E-state index is -1.14. The second kappa shape index (κ2) is 16.0. The standard InChI is InChI=1S/C34H37F2N3O7S/c1-19(20(2)30(37)34(44)45)15-26(40)16-38-29(42)17-46-27-13-5-22(6-14-27)31-32(33(43)39(31)25-11-9-24(36)10-12-25)47-18-28(41)21-3-7-23(35)8-4-21/h3-14,19-20,28,30-32,41H,15-18,37H2,1-2H3,(H,38,42)(H,44,45)/t19?,20?,28?,30-,31-,32-/m1/s1. The number of aliphatic carboxylic acids is 1. The summed E-state index contributed by atoms with van der Waals surface area (Å²) in [5, 5.41) is 21.6. The maximum Gasteiger partial charge on any atom is 0.320 e. The highest BCUT2D eigenvalue weighted by atomic mass is 32.2. The van der Waals surface area contributed by atoms with Crippen LogP contribution in [0.25, 0.3) is 0 Å². The summed E-state index contributed by atoms with van der Waals surface area (Å²) in [6, 6.07) is 16.3. The Morgan fingerprint density at radius 1 is 0.979 bits per heavy atom. The lowest BCUT2D eigenvalue weighted by atomic mass is 9.86. The number of halogens is 2. The number of hydrogen-bond acceptors (Lipinski definition) is 8. The van der Waals surface area contributed by atoms with Crippen molar-refractivity contribution in [3.05, 3.63) is 95.6 Å². The van der Waals surface area contributed by atoms with Crippen molar-refractivity contribution in [3.8, 4) is 5.75 Å². The monoisotopic (exact) mass is 669 g/mol. The van der Waals surface area contributed by atoms with Crippen LogP contribution in [0.2, 0.25) is 0 Å². The van der Waals surface area contributed by atoms with Crippen molar-refractivity contribution in [2.24, 2.45) is 17.6 Å². The first-order valence-corrected chi connectivity index (χ1v) is 16.0. The van der Waals surface area contributed by atoms with Gasteiger partial charge in [0, 0.05) is 17.9 Å². The zero-order valence-electron chi connectivity index (χ0n) is 25.8. The second-order valence-electron chi connectivity index (χ2n) is 11.5. The maximum atomic E-state index is 13.6. The van der Waals surface area contributed by atoms with Gasteiger partial charge in [0.15, 0.2) is 12.4 Å². The Kier molecular flexibility index (Phi) is 12.1. The van der Waals surface area contributed by atoms with E-state index in [0.29, 0.717) is 17.0 Å². The maximum absolute atomic E-state index is 13.6. The van der Waals surface area contributed by atoms with E-state index in [4.69, 9.17) is 15.6 Å². The van der Waals surface area contributed by atoms with E-state index in [2.05, 4.69) is 5.32 Å². The number of carbonyl (C=O) groups excluding carboxylic acids is 3. The SMILES string of the molecule is CC(CC(=O)CNC(=O)COc1ccc([C@@H]2[C@@H](SCC(O)c3ccc(F)cc3)C(=O)N2c2ccc(F)cc2)cc1)C(C)[C@@H](N)C(=O)O. The summed E-state index contributed by atoms with van der Waals surface area (Å²) in [5.41, 5.74) is 7.43. The van der Waals surface area contributed by atoms with Gasteiger partial charge in [0.2, 0.25) is 5.91 Å². The number of anilines is 1. The number of carboxylic acids is 1. The van der Waals surface area contributed by atoms with E-state index < -0.39 is 52.9 Å². The van der Waals surface area contributed by atoms with Crippen molar-refractivity contribution >= 4 is 41.0 Å². The summed E-state index contributed by atoms with van der Waals surface area (Å²) in [4.78, 5) is 50.6. The molecule has 1 saturated heterocycles. The number of Topliss-reactive ketones (excluding diaryl/α,β-unsaturated/α-hetero) is 1. The Hall–Kier alpha value is -4.33. The molecule has 0 saturated carbocycles. The van der Waals surface area contributed by atoms with Gasteiger partial charge >= 0.3 is 5.97 Å². The molecule has 0 aromatic heterocycles. The van der Waals surface area contributed by atoms with E-state index in [9.17, 15) is 33.1 Å². The molecule has 4 rings (SSSR count). The average molecular weight is 670 g/mol. The highest BCUT2D eigenvalue weighted by molar-refractivity contribution is 8.00. The zero-order valence-corrected chi connectivity index (χ0v) is 26.7. The predicted octanol–water partition coefficient (Wildman–Crippen LogP) is 4.03. The van der Waals surface area contributed by atoms with Crippen LogP contribution in [0.4, 0.5) is 14.5 Å². The molecule has 1 aliphatic heterocycles. The quantitative estimate of drug-likeness (QED) is 0.165. The van der Waals surface area contributed by atoms with Gasteiger partial charge in [0.25, 0.3) is 5.91 Å². The first-order chi connectivity index (χ1) is 22.3. The molecule has 0 bridgehead atoms. The largest absolute Gasteiger partial charge is 0.484 e. The smallest absolute Gasteiger partial charge is 0.320 e. The molecule has 0 spiro atoms. The number of ketones is 1. The fourth-order valence-corrected chi connectivity index (χ4v) is 6.47. The number of nitrogens with one attached hydrogen (secondary N) is 1. The summed E-state index contributed by atoms with van der Waals surface area (Å²) in [5.74, 6) is -3.16. The molecular weight excluding hydrogens is 632 g/mol. The number of thioether (sulfide) groups is 1.